The predicted octanol–water partition coefficient (Wildman–Crippen LogP) is -0.566. The second-order valence-electron chi connectivity index (χ2n) is 3.46. The lowest BCUT2D eigenvalue weighted by Gasteiger charge is -2.05. The fourth-order valence-electron chi connectivity index (χ4n) is 1.55. The Morgan fingerprint density at radius 3 is 2.94 bits per heavy atom. The number of nitrogens with zero attached hydrogens (tertiary/aromatic N) is 2. The molecule has 3 N–H and O–H groups in total. The summed E-state index contributed by atoms with van der Waals surface area (Å²) < 4.78 is 1.28. The van der Waals surface area contributed by atoms with Crippen LogP contribution in [0.1, 0.15) is 6.42 Å². The molecule has 0 saturated carbocycles. The number of aromatic amines is 1. The molecular formula is C10H12N4O2. The molecule has 6 nitrogen and oxygen atoms in total. The number of pyridine rings is 1. The average molecular weight is 220 g/mol. The number of nitrogens with two attached hydrogens (primary N) is 1. The van der Waals surface area contributed by atoms with Gasteiger partial charge in [0.05, 0.1) is 10.8 Å². The summed E-state index contributed by atoms with van der Waals surface area (Å²) in [6, 6.07) is 1.53. The minimum Gasteiger partial charge on any atom is -0.330 e. The maximum Gasteiger partial charge on any atom is 0.274 e. The molecule has 0 saturated heterocycles. The molecule has 0 aliphatic rings. The lowest BCUT2D eigenvalue weighted by molar-refractivity contribution is 0.552. The van der Waals surface area contributed by atoms with Gasteiger partial charge in [-0.3, -0.25) is 19.7 Å². The van der Waals surface area contributed by atoms with Crippen LogP contribution >= 0.6 is 0 Å². The lowest BCUT2D eigenvalue weighted by Crippen LogP contribution is -2.30. The average Bonchev–Trinajstić information content (AvgIpc) is 2.32. The van der Waals surface area contributed by atoms with Crippen LogP contribution in [0.3, 0.4) is 0 Å². The van der Waals surface area contributed by atoms with Crippen LogP contribution in [0.5, 0.6) is 0 Å². The summed E-state index contributed by atoms with van der Waals surface area (Å²) in [5.41, 5.74) is 4.83. The van der Waals surface area contributed by atoms with Gasteiger partial charge in [-0.05, 0) is 19.0 Å². The van der Waals surface area contributed by atoms with Gasteiger partial charge in [0.15, 0.2) is 0 Å². The van der Waals surface area contributed by atoms with E-state index in [-0.39, 0.29) is 11.1 Å². The van der Waals surface area contributed by atoms with Gasteiger partial charge in [-0.15, -0.1) is 0 Å². The van der Waals surface area contributed by atoms with Crippen LogP contribution < -0.4 is 16.9 Å². The first-order chi connectivity index (χ1) is 7.74. The zero-order valence-electron chi connectivity index (χ0n) is 8.64. The van der Waals surface area contributed by atoms with Gasteiger partial charge in [-0.1, -0.05) is 0 Å². The standard InChI is InChI=1S/C10H12N4O2/c11-3-1-5-14-10(16)8-6-12-4-2-7(8)9(15)13-14/h2,4,6H,1,3,5,11H2,(H,13,15). The van der Waals surface area contributed by atoms with E-state index in [9.17, 15) is 9.59 Å². The molecule has 0 aliphatic carbocycles. The van der Waals surface area contributed by atoms with Crippen molar-refractivity contribution in [2.75, 3.05) is 6.54 Å². The van der Waals surface area contributed by atoms with Crippen molar-refractivity contribution >= 4 is 10.8 Å². The summed E-state index contributed by atoms with van der Waals surface area (Å²) in [5, 5.41) is 3.22. The number of hydrogen-bond donors (Lipinski definition) is 2. The zero-order chi connectivity index (χ0) is 11.5. The molecule has 6 heteroatoms. The Bertz CT molecular complexity index is 614. The van der Waals surface area contributed by atoms with E-state index in [1.54, 1.807) is 0 Å². The highest BCUT2D eigenvalue weighted by Gasteiger charge is 2.05. The zero-order valence-corrected chi connectivity index (χ0v) is 8.64. The fourth-order valence-corrected chi connectivity index (χ4v) is 1.55. The maximum atomic E-state index is 11.9. The van der Waals surface area contributed by atoms with Crippen molar-refractivity contribution in [3.8, 4) is 0 Å². The van der Waals surface area contributed by atoms with Crippen molar-refractivity contribution in [1.29, 1.82) is 0 Å². The molecule has 2 aromatic rings. The molecule has 0 unspecified atom stereocenters. The van der Waals surface area contributed by atoms with E-state index in [4.69, 9.17) is 5.73 Å². The SMILES string of the molecule is NCCCn1[nH]c(=O)c2ccncc2c1=O. The highest BCUT2D eigenvalue weighted by atomic mass is 16.2. The first kappa shape index (κ1) is 10.6. The Morgan fingerprint density at radius 1 is 1.38 bits per heavy atom. The summed E-state index contributed by atoms with van der Waals surface area (Å²) in [6.45, 7) is 0.884. The first-order valence-electron chi connectivity index (χ1n) is 5.01. The minimum atomic E-state index is -0.283. The summed E-state index contributed by atoms with van der Waals surface area (Å²) in [7, 11) is 0. The smallest absolute Gasteiger partial charge is 0.274 e. The molecule has 0 spiro atoms. The van der Waals surface area contributed by atoms with Crippen LogP contribution in [0, 0.1) is 0 Å². The molecule has 16 heavy (non-hydrogen) atoms. The number of aromatic nitrogens is 3. The van der Waals surface area contributed by atoms with E-state index < -0.39 is 0 Å². The highest BCUT2D eigenvalue weighted by Crippen LogP contribution is 1.99. The van der Waals surface area contributed by atoms with E-state index in [1.165, 1.54) is 23.1 Å². The van der Waals surface area contributed by atoms with Gasteiger partial charge < -0.3 is 5.73 Å². The molecule has 0 bridgehead atoms. The number of aryl methyl sites for hydroxylation is 1. The van der Waals surface area contributed by atoms with Gasteiger partial charge in [0.1, 0.15) is 0 Å². The van der Waals surface area contributed by atoms with Gasteiger partial charge in [0.2, 0.25) is 0 Å². The summed E-state index contributed by atoms with van der Waals surface area (Å²) in [6.07, 6.45) is 3.54. The van der Waals surface area contributed by atoms with Crippen LogP contribution in [0.2, 0.25) is 0 Å². The lowest BCUT2D eigenvalue weighted by atomic mass is 10.2. The third-order valence-corrected chi connectivity index (χ3v) is 2.36. The van der Waals surface area contributed by atoms with Crippen LogP contribution in [0.4, 0.5) is 0 Å². The first-order valence-corrected chi connectivity index (χ1v) is 5.01. The molecule has 0 aliphatic heterocycles. The van der Waals surface area contributed by atoms with Gasteiger partial charge in [-0.25, -0.2) is 4.68 Å². The molecule has 0 aromatic carbocycles. The Labute approximate surface area is 90.7 Å². The Hall–Kier alpha value is -1.95. The fraction of sp³-hybridized carbons (Fsp3) is 0.300. The van der Waals surface area contributed by atoms with Crippen LogP contribution in [0.25, 0.3) is 10.8 Å². The third-order valence-electron chi connectivity index (χ3n) is 2.36. The summed E-state index contributed by atoms with van der Waals surface area (Å²) in [4.78, 5) is 27.4. The third kappa shape index (κ3) is 1.74. The highest BCUT2D eigenvalue weighted by molar-refractivity contribution is 5.79. The number of nitrogens with one attached hydrogen (secondary N) is 1. The minimum absolute atomic E-state index is 0.240. The second-order valence-corrected chi connectivity index (χ2v) is 3.46. The van der Waals surface area contributed by atoms with Gasteiger partial charge in [-0.2, -0.15) is 0 Å². The van der Waals surface area contributed by atoms with E-state index in [2.05, 4.69) is 10.1 Å². The van der Waals surface area contributed by atoms with Gasteiger partial charge in [0.25, 0.3) is 11.1 Å². The predicted molar refractivity (Wildman–Crippen MR) is 60.3 cm³/mol. The Balaban J connectivity index is 2.66. The summed E-state index contributed by atoms with van der Waals surface area (Å²) in [5.74, 6) is 0. The molecular weight excluding hydrogens is 208 g/mol. The maximum absolute atomic E-state index is 11.9. The van der Waals surface area contributed by atoms with Crippen LogP contribution in [-0.2, 0) is 6.54 Å². The molecule has 0 amide bonds. The number of hydrogen-bond acceptors (Lipinski definition) is 4. The normalized spacial score (nSPS) is 10.8. The number of H-pyrrole nitrogens is 1. The van der Waals surface area contributed by atoms with E-state index >= 15 is 0 Å². The molecule has 2 aromatic heterocycles. The quantitative estimate of drug-likeness (QED) is 0.724. The molecule has 0 fully saturated rings. The van der Waals surface area contributed by atoms with Gasteiger partial charge >= 0.3 is 0 Å². The van der Waals surface area contributed by atoms with Crippen molar-refractivity contribution < 1.29 is 0 Å². The number of rotatable bonds is 3. The molecule has 2 rings (SSSR count). The van der Waals surface area contributed by atoms with Crippen molar-refractivity contribution in [2.24, 2.45) is 5.73 Å². The van der Waals surface area contributed by atoms with Crippen LogP contribution in [0.15, 0.2) is 28.0 Å². The Kier molecular flexibility index (Phi) is 2.82. The van der Waals surface area contributed by atoms with Crippen molar-refractivity contribution in [3.63, 3.8) is 0 Å². The second kappa shape index (κ2) is 4.28. The molecule has 0 atom stereocenters. The summed E-state index contributed by atoms with van der Waals surface area (Å²) >= 11 is 0. The number of fused-ring (bicyclic) bond motifs is 1. The van der Waals surface area contributed by atoms with Crippen molar-refractivity contribution in [1.82, 2.24) is 14.8 Å². The van der Waals surface area contributed by atoms with E-state index in [1.807, 2.05) is 0 Å². The molecule has 2 heterocycles. The largest absolute Gasteiger partial charge is 0.330 e. The molecule has 0 radical (unpaired) electrons. The Morgan fingerprint density at radius 2 is 2.19 bits per heavy atom. The van der Waals surface area contributed by atoms with Gasteiger partial charge in [0, 0.05) is 18.9 Å². The van der Waals surface area contributed by atoms with Crippen LogP contribution in [-0.4, -0.2) is 21.3 Å². The van der Waals surface area contributed by atoms with E-state index in [0.717, 1.165) is 0 Å². The topological polar surface area (TPSA) is 93.8 Å². The van der Waals surface area contributed by atoms with Crippen molar-refractivity contribution in [3.05, 3.63) is 39.2 Å². The van der Waals surface area contributed by atoms with Crippen molar-refractivity contribution in [2.45, 2.75) is 13.0 Å². The molecule has 84 valence electrons. The monoisotopic (exact) mass is 220 g/mol. The van der Waals surface area contributed by atoms with E-state index in [0.29, 0.717) is 30.3 Å².